The maximum atomic E-state index is 13.6. The average Bonchev–Trinajstić information content (AvgIpc) is 3.05. The summed E-state index contributed by atoms with van der Waals surface area (Å²) >= 11 is 0. The van der Waals surface area contributed by atoms with Crippen molar-refractivity contribution < 1.29 is 23.1 Å². The summed E-state index contributed by atoms with van der Waals surface area (Å²) in [7, 11) is -2.58. The molecule has 7 heteroatoms. The second-order valence-electron chi connectivity index (χ2n) is 7.63. The zero-order chi connectivity index (χ0) is 22.9. The van der Waals surface area contributed by atoms with Gasteiger partial charge in [0.25, 0.3) is 5.91 Å². The normalized spacial score (nSPS) is 16.5. The van der Waals surface area contributed by atoms with E-state index in [1.165, 1.54) is 17.0 Å². The number of ether oxygens (including phenoxy) is 1. The van der Waals surface area contributed by atoms with E-state index in [0.717, 1.165) is 11.1 Å². The zero-order valence-corrected chi connectivity index (χ0v) is 18.5. The minimum atomic E-state index is -4.13. The van der Waals surface area contributed by atoms with E-state index in [4.69, 9.17) is 4.74 Å². The van der Waals surface area contributed by atoms with Gasteiger partial charge in [-0.15, -0.1) is 0 Å². The second kappa shape index (κ2) is 8.51. The highest BCUT2D eigenvalue weighted by molar-refractivity contribution is 7.95. The summed E-state index contributed by atoms with van der Waals surface area (Å²) in [6.45, 7) is 1.96. The number of carbonyl (C=O) groups is 1. The molecule has 4 rings (SSSR count). The van der Waals surface area contributed by atoms with E-state index in [1.807, 2.05) is 19.1 Å². The molecule has 6 nitrogen and oxygen atoms in total. The van der Waals surface area contributed by atoms with Crippen LogP contribution in [0.15, 0.2) is 94.4 Å². The van der Waals surface area contributed by atoms with Crippen LogP contribution < -0.4 is 4.74 Å². The first kappa shape index (κ1) is 21.6. The van der Waals surface area contributed by atoms with Crippen molar-refractivity contribution >= 4 is 15.7 Å². The molecule has 3 aromatic carbocycles. The summed E-state index contributed by atoms with van der Waals surface area (Å²) in [5.74, 6) is -0.857. The molecule has 3 aromatic rings. The van der Waals surface area contributed by atoms with E-state index in [9.17, 15) is 18.3 Å². The molecule has 0 saturated heterocycles. The third-order valence-electron chi connectivity index (χ3n) is 5.48. The molecule has 0 unspecified atom stereocenters. The van der Waals surface area contributed by atoms with E-state index in [1.54, 1.807) is 61.7 Å². The number of rotatable bonds is 6. The molecular formula is C25H23NO5S. The van der Waals surface area contributed by atoms with Crippen LogP contribution in [0.1, 0.15) is 22.7 Å². The molecule has 1 N–H and O–H groups in total. The molecule has 0 radical (unpaired) electrons. The van der Waals surface area contributed by atoms with Gasteiger partial charge in [0, 0.05) is 6.54 Å². The van der Waals surface area contributed by atoms with Crippen LogP contribution in [0.4, 0.5) is 0 Å². The number of methoxy groups -OCH3 is 1. The lowest BCUT2D eigenvalue weighted by molar-refractivity contribution is -0.130. The first-order valence-corrected chi connectivity index (χ1v) is 11.5. The number of aryl methyl sites for hydroxylation is 1. The molecule has 164 valence electrons. The summed E-state index contributed by atoms with van der Waals surface area (Å²) < 4.78 is 32.4. The van der Waals surface area contributed by atoms with Crippen molar-refractivity contribution in [2.45, 2.75) is 24.4 Å². The van der Waals surface area contributed by atoms with Crippen molar-refractivity contribution in [3.05, 3.63) is 106 Å². The summed E-state index contributed by atoms with van der Waals surface area (Å²) in [4.78, 5) is 14.2. The molecule has 1 aliphatic rings. The number of hydrogen-bond acceptors (Lipinski definition) is 5. The van der Waals surface area contributed by atoms with Crippen LogP contribution in [-0.2, 0) is 21.2 Å². The molecule has 0 aliphatic carbocycles. The van der Waals surface area contributed by atoms with Crippen molar-refractivity contribution in [2.75, 3.05) is 7.11 Å². The minimum absolute atomic E-state index is 0.0293. The Hall–Kier alpha value is -3.58. The van der Waals surface area contributed by atoms with Gasteiger partial charge < -0.3 is 14.7 Å². The number of aliphatic hydroxyl groups excluding tert-OH is 1. The Morgan fingerprint density at radius 2 is 1.66 bits per heavy atom. The highest BCUT2D eigenvalue weighted by Crippen LogP contribution is 2.43. The Kier molecular flexibility index (Phi) is 5.76. The summed E-state index contributed by atoms with van der Waals surface area (Å²) in [6, 6.07) is 21.4. The van der Waals surface area contributed by atoms with Gasteiger partial charge in [-0.1, -0.05) is 60.2 Å². The van der Waals surface area contributed by atoms with E-state index in [-0.39, 0.29) is 16.3 Å². The molecule has 0 spiro atoms. The van der Waals surface area contributed by atoms with Crippen LogP contribution in [-0.4, -0.2) is 31.4 Å². The first-order valence-electron chi connectivity index (χ1n) is 10.1. The number of hydrogen-bond donors (Lipinski definition) is 1. The van der Waals surface area contributed by atoms with Gasteiger partial charge in [-0.3, -0.25) is 4.79 Å². The predicted molar refractivity (Wildman–Crippen MR) is 121 cm³/mol. The molecular weight excluding hydrogens is 426 g/mol. The van der Waals surface area contributed by atoms with Gasteiger partial charge in [0.2, 0.25) is 9.84 Å². The van der Waals surface area contributed by atoms with Crippen molar-refractivity contribution in [1.82, 2.24) is 4.90 Å². The highest BCUT2D eigenvalue weighted by Gasteiger charge is 2.46. The number of benzene rings is 3. The Bertz CT molecular complexity index is 1280. The van der Waals surface area contributed by atoms with E-state index < -0.39 is 27.5 Å². The standard InChI is InChI=1S/C25H23NO5S/c1-17-11-13-21(14-12-17)32(29,30)24-22(19-8-4-3-5-9-19)26(25(28)23(24)27)16-18-7-6-10-20(15-18)31-2/h3-15,22,27H,16H2,1-2H3/t22-/m0/s1. The lowest BCUT2D eigenvalue weighted by Gasteiger charge is -2.27. The zero-order valence-electron chi connectivity index (χ0n) is 17.7. The molecule has 1 atom stereocenters. The SMILES string of the molecule is COc1cccc(CN2C(=O)C(O)=C(S(=O)(=O)c3ccc(C)cc3)[C@@H]2c2ccccc2)c1. The number of nitrogens with zero attached hydrogens (tertiary/aromatic N) is 1. The van der Waals surface area contributed by atoms with Gasteiger partial charge in [-0.2, -0.15) is 0 Å². The molecule has 1 heterocycles. The van der Waals surface area contributed by atoms with Crippen LogP contribution >= 0.6 is 0 Å². The molecule has 0 bridgehead atoms. The Morgan fingerprint density at radius 3 is 2.31 bits per heavy atom. The second-order valence-corrected chi connectivity index (χ2v) is 9.55. The summed E-state index contributed by atoms with van der Waals surface area (Å²) in [5.41, 5.74) is 2.25. The highest BCUT2D eigenvalue weighted by atomic mass is 32.2. The third-order valence-corrected chi connectivity index (χ3v) is 7.37. The summed E-state index contributed by atoms with van der Waals surface area (Å²) in [5, 5.41) is 10.8. The van der Waals surface area contributed by atoms with Crippen molar-refractivity contribution in [1.29, 1.82) is 0 Å². The smallest absolute Gasteiger partial charge is 0.290 e. The van der Waals surface area contributed by atoms with E-state index in [0.29, 0.717) is 11.3 Å². The summed E-state index contributed by atoms with van der Waals surface area (Å²) in [6.07, 6.45) is 0. The Balaban J connectivity index is 1.83. The van der Waals surface area contributed by atoms with Gasteiger partial charge in [0.05, 0.1) is 18.0 Å². The quantitative estimate of drug-likeness (QED) is 0.606. The third kappa shape index (κ3) is 3.87. The fourth-order valence-corrected chi connectivity index (χ4v) is 5.49. The average molecular weight is 450 g/mol. The van der Waals surface area contributed by atoms with Crippen LogP contribution in [0.25, 0.3) is 0 Å². The van der Waals surface area contributed by atoms with Crippen LogP contribution in [0.5, 0.6) is 5.75 Å². The first-order chi connectivity index (χ1) is 15.3. The van der Waals surface area contributed by atoms with Gasteiger partial charge in [-0.25, -0.2) is 8.42 Å². The molecule has 32 heavy (non-hydrogen) atoms. The molecule has 0 fully saturated rings. The fraction of sp³-hybridized carbons (Fsp3) is 0.160. The van der Waals surface area contributed by atoms with E-state index >= 15 is 0 Å². The lowest BCUT2D eigenvalue weighted by Crippen LogP contribution is -2.30. The molecule has 0 aromatic heterocycles. The Labute approximate surface area is 187 Å². The number of amides is 1. The topological polar surface area (TPSA) is 83.9 Å². The molecule has 1 aliphatic heterocycles. The maximum Gasteiger partial charge on any atom is 0.290 e. The van der Waals surface area contributed by atoms with Gasteiger partial charge >= 0.3 is 0 Å². The van der Waals surface area contributed by atoms with Gasteiger partial charge in [-0.05, 0) is 42.3 Å². The largest absolute Gasteiger partial charge is 0.502 e. The number of sulfone groups is 1. The molecule has 1 amide bonds. The van der Waals surface area contributed by atoms with Crippen molar-refractivity contribution in [3.63, 3.8) is 0 Å². The van der Waals surface area contributed by atoms with Crippen LogP contribution in [0.3, 0.4) is 0 Å². The minimum Gasteiger partial charge on any atom is -0.502 e. The monoisotopic (exact) mass is 449 g/mol. The fourth-order valence-electron chi connectivity index (χ4n) is 3.85. The molecule has 0 saturated carbocycles. The maximum absolute atomic E-state index is 13.6. The predicted octanol–water partition coefficient (Wildman–Crippen LogP) is 4.33. The van der Waals surface area contributed by atoms with E-state index in [2.05, 4.69) is 0 Å². The van der Waals surface area contributed by atoms with Crippen LogP contribution in [0.2, 0.25) is 0 Å². The number of carbonyl (C=O) groups excluding carboxylic acids is 1. The van der Waals surface area contributed by atoms with Crippen molar-refractivity contribution in [2.24, 2.45) is 0 Å². The van der Waals surface area contributed by atoms with Crippen LogP contribution in [0, 0.1) is 6.92 Å². The van der Waals surface area contributed by atoms with Crippen molar-refractivity contribution in [3.8, 4) is 5.75 Å². The van der Waals surface area contributed by atoms with Gasteiger partial charge in [0.15, 0.2) is 5.76 Å². The number of aliphatic hydroxyl groups is 1. The van der Waals surface area contributed by atoms with Gasteiger partial charge in [0.1, 0.15) is 10.7 Å². The lowest BCUT2D eigenvalue weighted by atomic mass is 10.1. The Morgan fingerprint density at radius 1 is 0.969 bits per heavy atom.